The molecule has 1 aliphatic rings. The Morgan fingerprint density at radius 2 is 2.06 bits per heavy atom. The molecule has 4 heteroatoms. The molecule has 16 heavy (non-hydrogen) atoms. The number of carbonyl (C=O) groups excluding carboxylic acids is 1. The van der Waals surface area contributed by atoms with Crippen molar-refractivity contribution in [3.63, 3.8) is 0 Å². The predicted octanol–water partition coefficient (Wildman–Crippen LogP) is 0.605. The van der Waals surface area contributed by atoms with Gasteiger partial charge < -0.3 is 15.3 Å². The Balaban J connectivity index is 2.40. The minimum absolute atomic E-state index is 0.0651. The fourth-order valence-corrected chi connectivity index (χ4v) is 2.46. The van der Waals surface area contributed by atoms with Crippen LogP contribution in [0.2, 0.25) is 0 Å². The Bertz CT molecular complexity index is 213. The lowest BCUT2D eigenvalue weighted by Crippen LogP contribution is -2.43. The fraction of sp³-hybridized carbons (Fsp3) is 0.917. The van der Waals surface area contributed by atoms with E-state index in [1.807, 2.05) is 19.0 Å². The van der Waals surface area contributed by atoms with Gasteiger partial charge in [-0.15, -0.1) is 0 Å². The van der Waals surface area contributed by atoms with Crippen LogP contribution in [0.4, 0.5) is 0 Å². The number of nitrogens with one attached hydrogen (secondary N) is 1. The molecule has 2 N–H and O–H groups in total. The molecule has 1 atom stereocenters. The molecule has 0 radical (unpaired) electrons. The van der Waals surface area contributed by atoms with Crippen molar-refractivity contribution in [2.45, 2.75) is 38.1 Å². The fourth-order valence-electron chi connectivity index (χ4n) is 2.46. The summed E-state index contributed by atoms with van der Waals surface area (Å²) < 4.78 is 0. The van der Waals surface area contributed by atoms with Crippen LogP contribution in [0.1, 0.15) is 32.1 Å². The maximum atomic E-state index is 11.7. The zero-order valence-corrected chi connectivity index (χ0v) is 10.4. The van der Waals surface area contributed by atoms with Crippen LogP contribution in [-0.4, -0.2) is 49.2 Å². The van der Waals surface area contributed by atoms with E-state index in [2.05, 4.69) is 5.32 Å². The molecule has 0 spiro atoms. The van der Waals surface area contributed by atoms with Crippen LogP contribution in [0.5, 0.6) is 0 Å². The average Bonchev–Trinajstić information content (AvgIpc) is 2.68. The first-order valence-electron chi connectivity index (χ1n) is 6.18. The van der Waals surface area contributed by atoms with Crippen LogP contribution in [-0.2, 0) is 4.79 Å². The van der Waals surface area contributed by atoms with Gasteiger partial charge in [-0.25, -0.2) is 0 Å². The molecule has 94 valence electrons. The van der Waals surface area contributed by atoms with Crippen molar-refractivity contribution in [2.75, 3.05) is 27.2 Å². The highest BCUT2D eigenvalue weighted by Gasteiger charge is 2.25. The average molecular weight is 228 g/mol. The third-order valence-electron chi connectivity index (χ3n) is 3.22. The molecule has 0 aliphatic heterocycles. The quantitative estimate of drug-likeness (QED) is 0.700. The van der Waals surface area contributed by atoms with Gasteiger partial charge >= 0.3 is 0 Å². The Hall–Kier alpha value is -0.610. The van der Waals surface area contributed by atoms with Gasteiger partial charge in [-0.05, 0) is 39.3 Å². The van der Waals surface area contributed by atoms with Gasteiger partial charge in [-0.1, -0.05) is 12.8 Å². The molecule has 1 rings (SSSR count). The van der Waals surface area contributed by atoms with E-state index >= 15 is 0 Å². The van der Waals surface area contributed by atoms with Crippen LogP contribution < -0.4 is 5.32 Å². The predicted molar refractivity (Wildman–Crippen MR) is 64.1 cm³/mol. The molecule has 0 bridgehead atoms. The third kappa shape index (κ3) is 4.49. The summed E-state index contributed by atoms with van der Waals surface area (Å²) in [6, 6.07) is 0.167. The first-order chi connectivity index (χ1) is 7.63. The second kappa shape index (κ2) is 6.86. The van der Waals surface area contributed by atoms with Crippen LogP contribution in [0.15, 0.2) is 0 Å². The van der Waals surface area contributed by atoms with Gasteiger partial charge in [0.1, 0.15) is 0 Å². The molecule has 0 aromatic rings. The molecule has 0 aromatic carbocycles. The largest absolute Gasteiger partial charge is 0.396 e. The SMILES string of the molecule is CN(C)CC(=O)NC(CCO)C1CCCC1. The highest BCUT2D eigenvalue weighted by Crippen LogP contribution is 2.28. The number of aliphatic hydroxyl groups excluding tert-OH is 1. The third-order valence-corrected chi connectivity index (χ3v) is 3.22. The number of hydrogen-bond acceptors (Lipinski definition) is 3. The Kier molecular flexibility index (Phi) is 5.77. The normalized spacial score (nSPS) is 19.0. The summed E-state index contributed by atoms with van der Waals surface area (Å²) in [5.41, 5.74) is 0. The Morgan fingerprint density at radius 3 is 2.56 bits per heavy atom. The van der Waals surface area contributed by atoms with Gasteiger partial charge in [0.25, 0.3) is 0 Å². The summed E-state index contributed by atoms with van der Waals surface area (Å²) in [6.07, 6.45) is 5.58. The van der Waals surface area contributed by atoms with Gasteiger partial charge in [0, 0.05) is 12.6 Å². The van der Waals surface area contributed by atoms with E-state index < -0.39 is 0 Å². The number of amides is 1. The van der Waals surface area contributed by atoms with E-state index in [4.69, 9.17) is 5.11 Å². The van der Waals surface area contributed by atoms with E-state index in [0.29, 0.717) is 18.9 Å². The second-order valence-electron chi connectivity index (χ2n) is 4.97. The van der Waals surface area contributed by atoms with Crippen LogP contribution >= 0.6 is 0 Å². The lowest BCUT2D eigenvalue weighted by molar-refractivity contribution is -0.122. The number of carbonyl (C=O) groups is 1. The molecule has 1 aliphatic carbocycles. The van der Waals surface area contributed by atoms with Gasteiger partial charge in [0.2, 0.25) is 5.91 Å². The first-order valence-corrected chi connectivity index (χ1v) is 6.18. The van der Waals surface area contributed by atoms with Crippen molar-refractivity contribution in [1.82, 2.24) is 10.2 Å². The van der Waals surface area contributed by atoms with E-state index in [1.165, 1.54) is 25.7 Å². The first kappa shape index (κ1) is 13.5. The van der Waals surface area contributed by atoms with Crippen molar-refractivity contribution in [3.8, 4) is 0 Å². The van der Waals surface area contributed by atoms with Crippen molar-refractivity contribution >= 4 is 5.91 Å². The Morgan fingerprint density at radius 1 is 1.44 bits per heavy atom. The maximum Gasteiger partial charge on any atom is 0.234 e. The van der Waals surface area contributed by atoms with Crippen LogP contribution in [0.3, 0.4) is 0 Å². The minimum atomic E-state index is 0.0651. The molecular weight excluding hydrogens is 204 g/mol. The zero-order chi connectivity index (χ0) is 12.0. The van der Waals surface area contributed by atoms with E-state index in [9.17, 15) is 4.79 Å². The number of aliphatic hydroxyl groups is 1. The summed E-state index contributed by atoms with van der Waals surface area (Å²) in [6.45, 7) is 0.581. The molecule has 4 nitrogen and oxygen atoms in total. The summed E-state index contributed by atoms with van der Waals surface area (Å²) >= 11 is 0. The number of nitrogens with zero attached hydrogens (tertiary/aromatic N) is 1. The molecule has 1 amide bonds. The topological polar surface area (TPSA) is 52.6 Å². The van der Waals surface area contributed by atoms with E-state index in [0.717, 1.165) is 0 Å². The van der Waals surface area contributed by atoms with E-state index in [-0.39, 0.29) is 18.6 Å². The monoisotopic (exact) mass is 228 g/mol. The number of hydrogen-bond donors (Lipinski definition) is 2. The summed E-state index contributed by atoms with van der Waals surface area (Å²) in [5, 5.41) is 12.1. The second-order valence-corrected chi connectivity index (χ2v) is 4.97. The summed E-state index contributed by atoms with van der Waals surface area (Å²) in [5.74, 6) is 0.633. The van der Waals surface area contributed by atoms with Crippen LogP contribution in [0.25, 0.3) is 0 Å². The van der Waals surface area contributed by atoms with E-state index in [1.54, 1.807) is 0 Å². The molecule has 0 heterocycles. The van der Waals surface area contributed by atoms with Crippen molar-refractivity contribution in [2.24, 2.45) is 5.92 Å². The lowest BCUT2D eigenvalue weighted by Gasteiger charge is -2.24. The highest BCUT2D eigenvalue weighted by atomic mass is 16.3. The molecule has 1 unspecified atom stereocenters. The molecule has 1 fully saturated rings. The highest BCUT2D eigenvalue weighted by molar-refractivity contribution is 5.78. The number of rotatable bonds is 6. The minimum Gasteiger partial charge on any atom is -0.396 e. The van der Waals surface area contributed by atoms with Gasteiger partial charge in [-0.3, -0.25) is 4.79 Å². The standard InChI is InChI=1S/C12H24N2O2/c1-14(2)9-12(16)13-11(7-8-15)10-5-3-4-6-10/h10-11,15H,3-9H2,1-2H3,(H,13,16). The van der Waals surface area contributed by atoms with Gasteiger partial charge in [-0.2, -0.15) is 0 Å². The van der Waals surface area contributed by atoms with Gasteiger partial charge in [0.05, 0.1) is 6.54 Å². The Labute approximate surface area is 98.0 Å². The van der Waals surface area contributed by atoms with Crippen molar-refractivity contribution < 1.29 is 9.90 Å². The molecule has 1 saturated carbocycles. The van der Waals surface area contributed by atoms with Crippen molar-refractivity contribution in [1.29, 1.82) is 0 Å². The summed E-state index contributed by atoms with van der Waals surface area (Å²) in [4.78, 5) is 13.5. The maximum absolute atomic E-state index is 11.7. The van der Waals surface area contributed by atoms with Crippen molar-refractivity contribution in [3.05, 3.63) is 0 Å². The molecule has 0 saturated heterocycles. The molecule has 0 aromatic heterocycles. The number of likely N-dealkylation sites (N-methyl/N-ethyl adjacent to an activating group) is 1. The smallest absolute Gasteiger partial charge is 0.234 e. The lowest BCUT2D eigenvalue weighted by atomic mass is 9.95. The van der Waals surface area contributed by atoms with Crippen LogP contribution in [0, 0.1) is 5.92 Å². The molecular formula is C12H24N2O2. The zero-order valence-electron chi connectivity index (χ0n) is 10.4. The summed E-state index contributed by atoms with van der Waals surface area (Å²) in [7, 11) is 3.77. The van der Waals surface area contributed by atoms with Gasteiger partial charge in [0.15, 0.2) is 0 Å².